The molecule has 1 aliphatic heterocycles. The van der Waals surface area contributed by atoms with Crippen LogP contribution in [-0.4, -0.2) is 60.6 Å². The first-order chi connectivity index (χ1) is 12.5. The van der Waals surface area contributed by atoms with Gasteiger partial charge in [-0.2, -0.15) is 4.68 Å². The zero-order valence-electron chi connectivity index (χ0n) is 15.3. The molecule has 0 aliphatic carbocycles. The topological polar surface area (TPSA) is 94.4 Å². The van der Waals surface area contributed by atoms with Crippen LogP contribution in [0.2, 0.25) is 0 Å². The number of tetrazole rings is 1. The number of aromatic nitrogens is 4. The number of carbonyl (C=O) groups excluding carboxylic acids is 1. The molecule has 0 saturated heterocycles. The Morgan fingerprint density at radius 1 is 1.27 bits per heavy atom. The Balaban J connectivity index is 1.99. The fourth-order valence-electron chi connectivity index (χ4n) is 2.84. The van der Waals surface area contributed by atoms with Crippen LogP contribution in [0.25, 0.3) is 0 Å². The molecule has 3 rings (SSSR count). The molecule has 9 heteroatoms. The van der Waals surface area contributed by atoms with Crippen LogP contribution in [0.1, 0.15) is 18.5 Å². The van der Waals surface area contributed by atoms with Gasteiger partial charge in [0.15, 0.2) is 0 Å². The van der Waals surface area contributed by atoms with Crippen molar-refractivity contribution < 1.29 is 14.3 Å². The standard InChI is InChI=1S/C17H22N6O3/c1-11-14(16(24)26-10-9-25-4)15(23-17(18-11)19-20-21-23)12-5-7-13(8-6-12)22(2)3/h5-8,15H,9-10H2,1-4H3,(H,18,19,21)/t15-/m1/s1. The van der Waals surface area contributed by atoms with Crippen LogP contribution < -0.4 is 10.2 Å². The summed E-state index contributed by atoms with van der Waals surface area (Å²) >= 11 is 0. The minimum absolute atomic E-state index is 0.181. The van der Waals surface area contributed by atoms with Crippen molar-refractivity contribution in [1.29, 1.82) is 0 Å². The maximum absolute atomic E-state index is 12.7. The highest BCUT2D eigenvalue weighted by Gasteiger charge is 2.34. The summed E-state index contributed by atoms with van der Waals surface area (Å²) in [5, 5.41) is 14.8. The fourth-order valence-corrected chi connectivity index (χ4v) is 2.84. The van der Waals surface area contributed by atoms with Gasteiger partial charge in [-0.05, 0) is 35.0 Å². The van der Waals surface area contributed by atoms with Gasteiger partial charge in [0, 0.05) is 32.6 Å². The lowest BCUT2D eigenvalue weighted by molar-refractivity contribution is -0.140. The van der Waals surface area contributed by atoms with Crippen LogP contribution in [0.5, 0.6) is 0 Å². The summed E-state index contributed by atoms with van der Waals surface area (Å²) in [5.41, 5.74) is 3.09. The van der Waals surface area contributed by atoms with Crippen molar-refractivity contribution in [3.63, 3.8) is 0 Å². The van der Waals surface area contributed by atoms with E-state index in [1.54, 1.807) is 11.8 Å². The third kappa shape index (κ3) is 3.38. The fraction of sp³-hybridized carbons (Fsp3) is 0.412. The predicted octanol–water partition coefficient (Wildman–Crippen LogP) is 1.22. The monoisotopic (exact) mass is 358 g/mol. The Bertz CT molecular complexity index is 812. The minimum Gasteiger partial charge on any atom is -0.460 e. The van der Waals surface area contributed by atoms with Gasteiger partial charge in [0.25, 0.3) is 0 Å². The second-order valence-corrected chi connectivity index (χ2v) is 6.13. The van der Waals surface area contributed by atoms with Crippen LogP contribution in [-0.2, 0) is 14.3 Å². The zero-order valence-corrected chi connectivity index (χ0v) is 15.3. The normalized spacial score (nSPS) is 16.1. The van der Waals surface area contributed by atoms with Crippen molar-refractivity contribution >= 4 is 17.6 Å². The van der Waals surface area contributed by atoms with Crippen molar-refractivity contribution in [3.05, 3.63) is 41.1 Å². The third-order valence-corrected chi connectivity index (χ3v) is 4.18. The number of hydrogen-bond donors (Lipinski definition) is 1. The molecule has 26 heavy (non-hydrogen) atoms. The van der Waals surface area contributed by atoms with E-state index in [1.165, 1.54) is 0 Å². The lowest BCUT2D eigenvalue weighted by Gasteiger charge is -2.27. The summed E-state index contributed by atoms with van der Waals surface area (Å²) in [4.78, 5) is 14.7. The molecule has 1 atom stereocenters. The first-order valence-electron chi connectivity index (χ1n) is 8.22. The van der Waals surface area contributed by atoms with E-state index in [0.29, 0.717) is 23.8 Å². The number of nitrogens with one attached hydrogen (secondary N) is 1. The van der Waals surface area contributed by atoms with Crippen LogP contribution in [0.15, 0.2) is 35.5 Å². The molecule has 1 aromatic carbocycles. The van der Waals surface area contributed by atoms with Gasteiger partial charge in [0.05, 0.1) is 12.2 Å². The SMILES string of the molecule is COCCOC(=O)C1=C(C)Nc2nnnn2[C@@H]1c1ccc(N(C)C)cc1. The Kier molecular flexibility index (Phi) is 5.17. The molecular weight excluding hydrogens is 336 g/mol. The maximum Gasteiger partial charge on any atom is 0.338 e. The van der Waals surface area contributed by atoms with Gasteiger partial charge in [0.1, 0.15) is 12.6 Å². The predicted molar refractivity (Wildman–Crippen MR) is 95.9 cm³/mol. The molecule has 138 valence electrons. The number of ether oxygens (including phenoxy) is 2. The lowest BCUT2D eigenvalue weighted by Crippen LogP contribution is -2.30. The number of methoxy groups -OCH3 is 1. The van der Waals surface area contributed by atoms with Crippen LogP contribution >= 0.6 is 0 Å². The van der Waals surface area contributed by atoms with Crippen molar-refractivity contribution in [2.45, 2.75) is 13.0 Å². The lowest BCUT2D eigenvalue weighted by atomic mass is 9.95. The molecule has 0 fully saturated rings. The van der Waals surface area contributed by atoms with E-state index in [1.807, 2.05) is 50.2 Å². The number of esters is 1. The summed E-state index contributed by atoms with van der Waals surface area (Å²) < 4.78 is 11.9. The van der Waals surface area contributed by atoms with Gasteiger partial charge in [-0.1, -0.05) is 17.2 Å². The number of nitrogens with zero attached hydrogens (tertiary/aromatic N) is 5. The molecule has 0 saturated carbocycles. The van der Waals surface area contributed by atoms with Crippen LogP contribution in [0.4, 0.5) is 11.6 Å². The molecule has 0 unspecified atom stereocenters. The Labute approximate surface area is 151 Å². The summed E-state index contributed by atoms with van der Waals surface area (Å²) in [5.74, 6) is 0.0625. The second-order valence-electron chi connectivity index (χ2n) is 6.13. The maximum atomic E-state index is 12.7. The zero-order chi connectivity index (χ0) is 18.7. The van der Waals surface area contributed by atoms with E-state index >= 15 is 0 Å². The van der Waals surface area contributed by atoms with Gasteiger partial charge in [0.2, 0.25) is 5.95 Å². The number of rotatable bonds is 6. The Morgan fingerprint density at radius 2 is 2.00 bits per heavy atom. The van der Waals surface area contributed by atoms with Gasteiger partial charge in [-0.25, -0.2) is 4.79 Å². The average Bonchev–Trinajstić information content (AvgIpc) is 3.08. The second kappa shape index (κ2) is 7.52. The van der Waals surface area contributed by atoms with Gasteiger partial charge < -0.3 is 19.7 Å². The van der Waals surface area contributed by atoms with Crippen molar-refractivity contribution in [1.82, 2.24) is 20.2 Å². The molecule has 0 bridgehead atoms. The van der Waals surface area contributed by atoms with Crippen molar-refractivity contribution in [2.75, 3.05) is 44.6 Å². The largest absolute Gasteiger partial charge is 0.460 e. The van der Waals surface area contributed by atoms with E-state index < -0.39 is 12.0 Å². The van der Waals surface area contributed by atoms with Gasteiger partial charge in [-0.15, -0.1) is 0 Å². The molecule has 1 aliphatic rings. The molecule has 2 heterocycles. The number of fused-ring (bicyclic) bond motifs is 1. The first-order valence-corrected chi connectivity index (χ1v) is 8.22. The minimum atomic E-state index is -0.465. The van der Waals surface area contributed by atoms with Crippen molar-refractivity contribution in [3.8, 4) is 0 Å². The number of carbonyl (C=O) groups is 1. The number of anilines is 2. The van der Waals surface area contributed by atoms with E-state index in [9.17, 15) is 4.79 Å². The Hall–Kier alpha value is -2.94. The molecule has 1 N–H and O–H groups in total. The summed E-state index contributed by atoms with van der Waals surface area (Å²) in [6.45, 7) is 2.33. The molecule has 0 radical (unpaired) electrons. The van der Waals surface area contributed by atoms with E-state index in [4.69, 9.17) is 9.47 Å². The van der Waals surface area contributed by atoms with E-state index in [-0.39, 0.29) is 6.61 Å². The molecule has 0 spiro atoms. The Morgan fingerprint density at radius 3 is 2.65 bits per heavy atom. The molecule has 0 amide bonds. The summed E-state index contributed by atoms with van der Waals surface area (Å²) in [7, 11) is 5.51. The smallest absolute Gasteiger partial charge is 0.338 e. The van der Waals surface area contributed by atoms with Gasteiger partial charge in [-0.3, -0.25) is 0 Å². The molecule has 2 aromatic rings. The highest BCUT2D eigenvalue weighted by Crippen LogP contribution is 2.35. The number of benzene rings is 1. The average molecular weight is 358 g/mol. The van der Waals surface area contributed by atoms with Gasteiger partial charge >= 0.3 is 5.97 Å². The quantitative estimate of drug-likeness (QED) is 0.608. The first kappa shape index (κ1) is 17.9. The number of allylic oxidation sites excluding steroid dienone is 1. The van der Waals surface area contributed by atoms with Crippen LogP contribution in [0, 0.1) is 0 Å². The summed E-state index contributed by atoms with van der Waals surface area (Å²) in [6.07, 6.45) is 0. The number of hydrogen-bond acceptors (Lipinski definition) is 8. The van der Waals surface area contributed by atoms with Crippen molar-refractivity contribution in [2.24, 2.45) is 0 Å². The molecule has 1 aromatic heterocycles. The van der Waals surface area contributed by atoms with E-state index in [0.717, 1.165) is 11.3 Å². The summed E-state index contributed by atoms with van der Waals surface area (Å²) in [6, 6.07) is 7.45. The van der Waals surface area contributed by atoms with Crippen LogP contribution in [0.3, 0.4) is 0 Å². The highest BCUT2D eigenvalue weighted by molar-refractivity contribution is 5.92. The van der Waals surface area contributed by atoms with E-state index in [2.05, 4.69) is 20.8 Å². The molecular formula is C17H22N6O3. The third-order valence-electron chi connectivity index (χ3n) is 4.18. The molecule has 9 nitrogen and oxygen atoms in total. The highest BCUT2D eigenvalue weighted by atomic mass is 16.6.